The van der Waals surface area contributed by atoms with Crippen LogP contribution in [0, 0.1) is 23.7 Å². The molecule has 5 saturated heterocycles. The van der Waals surface area contributed by atoms with Crippen LogP contribution >= 0.6 is 0 Å². The lowest BCUT2D eigenvalue weighted by Gasteiger charge is -2.61. The molecule has 6 aliphatic rings. The number of piperazine rings is 1. The highest BCUT2D eigenvalue weighted by molar-refractivity contribution is 5.49. The van der Waals surface area contributed by atoms with Gasteiger partial charge in [-0.25, -0.2) is 9.78 Å². The number of rotatable bonds is 2. The highest BCUT2D eigenvalue weighted by atomic mass is 19.4. The first-order chi connectivity index (χ1) is 16.6. The van der Waals surface area contributed by atoms with Crippen LogP contribution in [-0.2, 0) is 25.4 Å². The summed E-state index contributed by atoms with van der Waals surface area (Å²) in [6, 6.07) is 5.61. The molecular weight excluding hydrogens is 461 g/mol. The Morgan fingerprint density at radius 1 is 0.971 bits per heavy atom. The minimum Gasteiger partial charge on any atom is -0.369 e. The van der Waals surface area contributed by atoms with Gasteiger partial charge in [0.25, 0.3) is 0 Å². The molecule has 5 heterocycles. The van der Waals surface area contributed by atoms with Crippen LogP contribution in [0.3, 0.4) is 0 Å². The summed E-state index contributed by atoms with van der Waals surface area (Å²) in [6.07, 6.45) is -0.960. The highest BCUT2D eigenvalue weighted by Gasteiger charge is 2.69. The molecule has 1 spiro atoms. The molecule has 2 bridgehead atoms. The fourth-order valence-electron chi connectivity index (χ4n) is 7.42. The van der Waals surface area contributed by atoms with Gasteiger partial charge in [-0.2, -0.15) is 13.2 Å². The van der Waals surface area contributed by atoms with Gasteiger partial charge in [-0.05, 0) is 56.2 Å². The second-order valence-corrected chi connectivity index (χ2v) is 11.4. The summed E-state index contributed by atoms with van der Waals surface area (Å²) in [4.78, 5) is 16.5. The smallest absolute Gasteiger partial charge is 0.369 e. The zero-order chi connectivity index (χ0) is 24.6. The van der Waals surface area contributed by atoms with Gasteiger partial charge in [-0.3, -0.25) is 4.90 Å². The molecule has 6 fully saturated rings. The molecule has 194 valence electrons. The van der Waals surface area contributed by atoms with Gasteiger partial charge in [0, 0.05) is 50.1 Å². The first kappa shape index (κ1) is 24.0. The number of ether oxygens (including phenoxy) is 2. The van der Waals surface area contributed by atoms with Crippen LogP contribution in [0.15, 0.2) is 24.3 Å². The fourth-order valence-corrected chi connectivity index (χ4v) is 7.42. The number of benzene rings is 1. The molecular formula is C26H35F3N2O4. The topological polar surface area (TPSA) is 43.4 Å². The molecule has 1 aliphatic carbocycles. The van der Waals surface area contributed by atoms with Crippen molar-refractivity contribution in [2.45, 2.75) is 76.5 Å². The molecule has 0 aromatic heterocycles. The molecule has 1 aromatic rings. The largest absolute Gasteiger partial charge is 0.416 e. The summed E-state index contributed by atoms with van der Waals surface area (Å²) in [5.41, 5.74) is -0.573. The van der Waals surface area contributed by atoms with Crippen molar-refractivity contribution in [2.75, 3.05) is 31.1 Å². The van der Waals surface area contributed by atoms with Crippen LogP contribution in [0.2, 0.25) is 0 Å². The van der Waals surface area contributed by atoms with Crippen molar-refractivity contribution in [3.05, 3.63) is 29.8 Å². The Bertz CT molecular complexity index is 955. The second kappa shape index (κ2) is 8.31. The van der Waals surface area contributed by atoms with Gasteiger partial charge in [0.2, 0.25) is 5.79 Å². The van der Waals surface area contributed by atoms with E-state index in [-0.39, 0.29) is 18.1 Å². The highest BCUT2D eigenvalue weighted by Crippen LogP contribution is 2.60. The molecule has 1 aromatic carbocycles. The van der Waals surface area contributed by atoms with Crippen molar-refractivity contribution >= 4 is 5.69 Å². The molecule has 0 amide bonds. The Morgan fingerprint density at radius 2 is 1.74 bits per heavy atom. The molecule has 5 aliphatic heterocycles. The van der Waals surface area contributed by atoms with E-state index < -0.39 is 29.4 Å². The number of anilines is 1. The first-order valence-electron chi connectivity index (χ1n) is 13.0. The van der Waals surface area contributed by atoms with Crippen LogP contribution in [-0.4, -0.2) is 55.0 Å². The average Bonchev–Trinajstić information content (AvgIpc) is 3.07. The zero-order valence-corrected chi connectivity index (χ0v) is 20.6. The van der Waals surface area contributed by atoms with Crippen molar-refractivity contribution in [3.8, 4) is 0 Å². The van der Waals surface area contributed by atoms with Crippen LogP contribution in [0.4, 0.5) is 18.9 Å². The summed E-state index contributed by atoms with van der Waals surface area (Å²) in [7, 11) is 0. The standard InChI is InChI=1S/C26H35F3N2O4/c1-16-7-8-21-17(2)22(32-23-25(21)20(16)9-10-24(3,33-23)34-35-25)31-13-11-30(12-14-31)19-6-4-5-18(15-19)26(27,28)29/h4-6,15-17,20-23H,7-14H2,1-3H3/t16-,17-,20+,21+,22-,23-,24-,25-/m1/s1. The summed E-state index contributed by atoms with van der Waals surface area (Å²) in [6.45, 7) is 9.20. The number of nitrogens with zero attached hydrogens (tertiary/aromatic N) is 2. The van der Waals surface area contributed by atoms with Gasteiger partial charge in [-0.1, -0.05) is 19.9 Å². The van der Waals surface area contributed by atoms with Crippen molar-refractivity contribution < 1.29 is 32.4 Å². The maximum atomic E-state index is 13.2. The van der Waals surface area contributed by atoms with E-state index in [1.165, 1.54) is 12.1 Å². The third-order valence-corrected chi connectivity index (χ3v) is 9.34. The fraction of sp³-hybridized carbons (Fsp3) is 0.769. The second-order valence-electron chi connectivity index (χ2n) is 11.4. The van der Waals surface area contributed by atoms with E-state index >= 15 is 0 Å². The quantitative estimate of drug-likeness (QED) is 0.535. The van der Waals surface area contributed by atoms with Crippen LogP contribution in [0.5, 0.6) is 0 Å². The maximum absolute atomic E-state index is 13.2. The van der Waals surface area contributed by atoms with E-state index in [0.29, 0.717) is 43.7 Å². The van der Waals surface area contributed by atoms with Crippen LogP contribution in [0.1, 0.15) is 52.0 Å². The number of hydrogen-bond donors (Lipinski definition) is 0. The SMILES string of the molecule is C[C@H]1[C@H](N2CCN(c3cccc(C(F)(F)F)c3)CC2)O[C@@H]2O[C@@]3(C)CC[C@H]4[C@H](C)CC[C@@H]1[C@@]24OO3. The van der Waals surface area contributed by atoms with E-state index in [1.807, 2.05) is 11.8 Å². The van der Waals surface area contributed by atoms with E-state index in [0.717, 1.165) is 31.7 Å². The lowest BCUT2D eigenvalue weighted by molar-refractivity contribution is -0.574. The van der Waals surface area contributed by atoms with Gasteiger partial charge in [0.05, 0.1) is 5.56 Å². The van der Waals surface area contributed by atoms with E-state index in [1.54, 1.807) is 6.07 Å². The van der Waals surface area contributed by atoms with Gasteiger partial charge in [0.15, 0.2) is 11.9 Å². The molecule has 0 N–H and O–H groups in total. The minimum atomic E-state index is -4.34. The Hall–Kier alpha value is -1.39. The molecule has 0 unspecified atom stereocenters. The molecule has 6 nitrogen and oxygen atoms in total. The van der Waals surface area contributed by atoms with Gasteiger partial charge >= 0.3 is 6.18 Å². The summed E-state index contributed by atoms with van der Waals surface area (Å²) in [5, 5.41) is 0. The Kier molecular flexibility index (Phi) is 5.69. The van der Waals surface area contributed by atoms with E-state index in [9.17, 15) is 13.2 Å². The molecule has 1 saturated carbocycles. The summed E-state index contributed by atoms with van der Waals surface area (Å²) < 4.78 is 52.8. The molecule has 0 radical (unpaired) electrons. The van der Waals surface area contributed by atoms with E-state index in [2.05, 4.69) is 18.7 Å². The normalized spacial score (nSPS) is 44.1. The van der Waals surface area contributed by atoms with Crippen molar-refractivity contribution in [3.63, 3.8) is 0 Å². The van der Waals surface area contributed by atoms with Gasteiger partial charge in [-0.15, -0.1) is 0 Å². The number of alkyl halides is 3. The van der Waals surface area contributed by atoms with Crippen LogP contribution in [0.25, 0.3) is 0 Å². The predicted octanol–water partition coefficient (Wildman–Crippen LogP) is 5.04. The monoisotopic (exact) mass is 496 g/mol. The summed E-state index contributed by atoms with van der Waals surface area (Å²) >= 11 is 0. The number of hydrogen-bond acceptors (Lipinski definition) is 6. The van der Waals surface area contributed by atoms with Crippen LogP contribution < -0.4 is 4.90 Å². The summed E-state index contributed by atoms with van der Waals surface area (Å²) in [5.74, 6) is 0.527. The van der Waals surface area contributed by atoms with Gasteiger partial charge in [0.1, 0.15) is 6.23 Å². The number of fused-ring (bicyclic) bond motifs is 2. The van der Waals surface area contributed by atoms with Gasteiger partial charge < -0.3 is 14.4 Å². The average molecular weight is 497 g/mol. The lowest BCUT2D eigenvalue weighted by atomic mass is 9.58. The van der Waals surface area contributed by atoms with Crippen molar-refractivity contribution in [1.29, 1.82) is 0 Å². The van der Waals surface area contributed by atoms with E-state index in [4.69, 9.17) is 19.2 Å². The zero-order valence-electron chi connectivity index (χ0n) is 20.6. The third-order valence-electron chi connectivity index (χ3n) is 9.34. The third kappa shape index (κ3) is 3.81. The molecule has 8 atom stereocenters. The Balaban J connectivity index is 1.20. The number of halogens is 3. The first-order valence-corrected chi connectivity index (χ1v) is 13.0. The molecule has 9 heteroatoms. The molecule has 35 heavy (non-hydrogen) atoms. The Labute approximate surface area is 204 Å². The van der Waals surface area contributed by atoms with Crippen molar-refractivity contribution in [2.24, 2.45) is 23.7 Å². The Morgan fingerprint density at radius 3 is 2.49 bits per heavy atom. The maximum Gasteiger partial charge on any atom is 0.416 e. The lowest BCUT2D eigenvalue weighted by Crippen LogP contribution is -2.72. The minimum absolute atomic E-state index is 0.125. The van der Waals surface area contributed by atoms with Crippen molar-refractivity contribution in [1.82, 2.24) is 4.90 Å². The predicted molar refractivity (Wildman–Crippen MR) is 122 cm³/mol. The molecule has 7 rings (SSSR count).